The Morgan fingerprint density at radius 1 is 1.03 bits per heavy atom. The largest absolute Gasteiger partial charge is 0.507 e. The van der Waals surface area contributed by atoms with E-state index in [0.717, 1.165) is 5.56 Å². The number of carbonyl (C=O) groups is 3. The highest BCUT2D eigenvalue weighted by atomic mass is 16.5. The van der Waals surface area contributed by atoms with Gasteiger partial charge in [-0.05, 0) is 25.5 Å². The van der Waals surface area contributed by atoms with E-state index in [2.05, 4.69) is 0 Å². The quantitative estimate of drug-likeness (QED) is 0.369. The summed E-state index contributed by atoms with van der Waals surface area (Å²) in [6, 6.07) is 10.9. The predicted molar refractivity (Wildman–Crippen MR) is 117 cm³/mol. The average molecular weight is 439 g/mol. The zero-order chi connectivity index (χ0) is 23.4. The molecule has 8 nitrogen and oxygen atoms in total. The lowest BCUT2D eigenvalue weighted by Gasteiger charge is -2.26. The Morgan fingerprint density at radius 3 is 2.31 bits per heavy atom. The van der Waals surface area contributed by atoms with Crippen LogP contribution in [0.2, 0.25) is 0 Å². The number of rotatable bonds is 8. The lowest BCUT2D eigenvalue weighted by atomic mass is 9.94. The molecule has 0 radical (unpaired) electrons. The second kappa shape index (κ2) is 9.55. The van der Waals surface area contributed by atoms with Crippen LogP contribution in [0.3, 0.4) is 0 Å². The minimum absolute atomic E-state index is 0.0292. The molecule has 1 fully saturated rings. The fourth-order valence-electron chi connectivity index (χ4n) is 3.75. The highest BCUT2D eigenvalue weighted by Crippen LogP contribution is 2.43. The molecule has 0 spiro atoms. The van der Waals surface area contributed by atoms with E-state index in [-0.39, 0.29) is 30.7 Å². The van der Waals surface area contributed by atoms with Crippen LogP contribution in [0.15, 0.2) is 48.0 Å². The van der Waals surface area contributed by atoms with Crippen LogP contribution in [0.25, 0.3) is 5.76 Å². The molecule has 168 valence electrons. The van der Waals surface area contributed by atoms with Gasteiger partial charge >= 0.3 is 5.97 Å². The molecule has 0 bridgehead atoms. The molecule has 2 N–H and O–H groups in total. The maximum atomic E-state index is 13.0. The van der Waals surface area contributed by atoms with Gasteiger partial charge in [-0.25, -0.2) is 0 Å². The Bertz CT molecular complexity index is 1070. The molecule has 1 aliphatic rings. The average Bonchev–Trinajstić information content (AvgIpc) is 3.03. The minimum Gasteiger partial charge on any atom is -0.507 e. The number of ketones is 1. The van der Waals surface area contributed by atoms with Crippen LogP contribution in [0, 0.1) is 6.92 Å². The number of Topliss-reactive ketones (excluding diaryl/α,β-unsaturated/α-hetero) is 1. The normalized spacial score (nSPS) is 17.5. The predicted octanol–water partition coefficient (Wildman–Crippen LogP) is 3.30. The lowest BCUT2D eigenvalue weighted by molar-refractivity contribution is -0.140. The Morgan fingerprint density at radius 2 is 1.72 bits per heavy atom. The third-order valence-corrected chi connectivity index (χ3v) is 5.39. The minimum atomic E-state index is -1.00. The van der Waals surface area contributed by atoms with Crippen molar-refractivity contribution in [1.29, 1.82) is 0 Å². The van der Waals surface area contributed by atoms with Crippen molar-refractivity contribution < 1.29 is 34.1 Å². The number of carboxylic acids is 1. The van der Waals surface area contributed by atoms with Gasteiger partial charge in [0.05, 0.1) is 25.8 Å². The number of aryl methyl sites for hydroxylation is 1. The Kier molecular flexibility index (Phi) is 6.82. The summed E-state index contributed by atoms with van der Waals surface area (Å²) in [5.74, 6) is -2.04. The number of benzene rings is 2. The van der Waals surface area contributed by atoms with Crippen molar-refractivity contribution >= 4 is 23.4 Å². The first-order valence-corrected chi connectivity index (χ1v) is 10.1. The van der Waals surface area contributed by atoms with Gasteiger partial charge in [-0.15, -0.1) is 0 Å². The number of amides is 1. The van der Waals surface area contributed by atoms with E-state index in [1.165, 1.54) is 19.1 Å². The SMILES string of the molecule is COc1ccc([C@@H]2C(=C(O)c3ccc(C)cc3)C(=O)C(=O)N2CCCC(=O)O)c(OC)c1. The molecule has 1 saturated heterocycles. The fraction of sp³-hybridized carbons (Fsp3) is 0.292. The molecule has 1 heterocycles. The summed E-state index contributed by atoms with van der Waals surface area (Å²) in [5, 5.41) is 20.0. The number of likely N-dealkylation sites (tertiary alicyclic amines) is 1. The molecule has 3 rings (SSSR count). The number of hydrogen-bond acceptors (Lipinski definition) is 6. The van der Waals surface area contributed by atoms with Gasteiger partial charge in [0, 0.05) is 30.2 Å². The van der Waals surface area contributed by atoms with E-state index in [1.54, 1.807) is 42.5 Å². The van der Waals surface area contributed by atoms with Crippen molar-refractivity contribution in [2.24, 2.45) is 0 Å². The number of aliphatic hydroxyl groups is 1. The summed E-state index contributed by atoms with van der Waals surface area (Å²) in [7, 11) is 2.96. The van der Waals surface area contributed by atoms with Gasteiger partial charge in [0.2, 0.25) is 0 Å². The van der Waals surface area contributed by atoms with Gasteiger partial charge in [0.25, 0.3) is 11.7 Å². The maximum absolute atomic E-state index is 13.0. The summed E-state index contributed by atoms with van der Waals surface area (Å²) >= 11 is 0. The van der Waals surface area contributed by atoms with Crippen molar-refractivity contribution in [2.75, 3.05) is 20.8 Å². The highest BCUT2D eigenvalue weighted by molar-refractivity contribution is 6.46. The second-order valence-electron chi connectivity index (χ2n) is 7.46. The standard InChI is InChI=1S/C24H25NO7/c1-14-6-8-15(9-7-14)22(28)20-21(17-11-10-16(31-2)13-18(17)32-3)25(24(30)23(20)29)12-4-5-19(26)27/h6-11,13,21,28H,4-5,12H2,1-3H3,(H,26,27)/t21-/m1/s1. The van der Waals surface area contributed by atoms with E-state index in [1.807, 2.05) is 6.92 Å². The van der Waals surface area contributed by atoms with Crippen LogP contribution >= 0.6 is 0 Å². The molecule has 2 aromatic carbocycles. The second-order valence-corrected chi connectivity index (χ2v) is 7.46. The monoisotopic (exact) mass is 439 g/mol. The van der Waals surface area contributed by atoms with Crippen molar-refractivity contribution in [3.63, 3.8) is 0 Å². The van der Waals surface area contributed by atoms with Gasteiger partial charge in [-0.3, -0.25) is 14.4 Å². The Hall–Kier alpha value is -3.81. The zero-order valence-electron chi connectivity index (χ0n) is 18.1. The molecule has 1 amide bonds. The molecule has 0 aromatic heterocycles. The van der Waals surface area contributed by atoms with Crippen molar-refractivity contribution in [3.8, 4) is 11.5 Å². The van der Waals surface area contributed by atoms with Gasteiger partial charge < -0.3 is 24.6 Å². The molecular formula is C24H25NO7. The number of aliphatic carboxylic acids is 1. The van der Waals surface area contributed by atoms with Crippen molar-refractivity contribution in [3.05, 3.63) is 64.7 Å². The van der Waals surface area contributed by atoms with Crippen LogP contribution in [0.1, 0.15) is 35.6 Å². The molecule has 0 unspecified atom stereocenters. The smallest absolute Gasteiger partial charge is 0.303 e. The van der Waals surface area contributed by atoms with E-state index >= 15 is 0 Å². The van der Waals surface area contributed by atoms with Gasteiger partial charge in [-0.1, -0.05) is 29.8 Å². The van der Waals surface area contributed by atoms with Crippen LogP contribution in [-0.4, -0.2) is 53.5 Å². The van der Waals surface area contributed by atoms with E-state index < -0.39 is 23.7 Å². The maximum Gasteiger partial charge on any atom is 0.303 e. The summed E-state index contributed by atoms with van der Waals surface area (Å²) in [5.41, 5.74) is 1.79. The number of nitrogens with zero attached hydrogens (tertiary/aromatic N) is 1. The van der Waals surface area contributed by atoms with E-state index in [4.69, 9.17) is 14.6 Å². The number of hydrogen-bond donors (Lipinski definition) is 2. The van der Waals surface area contributed by atoms with Gasteiger partial charge in [0.1, 0.15) is 17.3 Å². The number of methoxy groups -OCH3 is 2. The first-order chi connectivity index (χ1) is 15.3. The molecule has 2 aromatic rings. The van der Waals surface area contributed by atoms with Crippen LogP contribution in [0.5, 0.6) is 11.5 Å². The molecule has 8 heteroatoms. The Labute approximate surface area is 185 Å². The first kappa shape index (κ1) is 22.9. The van der Waals surface area contributed by atoms with E-state index in [9.17, 15) is 19.5 Å². The molecule has 0 aliphatic carbocycles. The summed E-state index contributed by atoms with van der Waals surface area (Å²) in [6.45, 7) is 1.93. The third-order valence-electron chi connectivity index (χ3n) is 5.39. The number of carboxylic acid groups (broad SMARTS) is 1. The summed E-state index contributed by atoms with van der Waals surface area (Å²) < 4.78 is 10.7. The molecule has 0 saturated carbocycles. The summed E-state index contributed by atoms with van der Waals surface area (Å²) in [6.07, 6.45) is -0.00464. The highest BCUT2D eigenvalue weighted by Gasteiger charge is 2.46. The van der Waals surface area contributed by atoms with Gasteiger partial charge in [-0.2, -0.15) is 0 Å². The van der Waals surface area contributed by atoms with Crippen molar-refractivity contribution in [2.45, 2.75) is 25.8 Å². The van der Waals surface area contributed by atoms with Crippen molar-refractivity contribution in [1.82, 2.24) is 4.90 Å². The number of aliphatic hydroxyl groups excluding tert-OH is 1. The number of carbonyl (C=O) groups excluding carboxylic acids is 2. The van der Waals surface area contributed by atoms with Crippen LogP contribution < -0.4 is 9.47 Å². The van der Waals surface area contributed by atoms with Crippen LogP contribution in [0.4, 0.5) is 0 Å². The molecule has 32 heavy (non-hydrogen) atoms. The molecular weight excluding hydrogens is 414 g/mol. The fourth-order valence-corrected chi connectivity index (χ4v) is 3.75. The molecule has 1 atom stereocenters. The lowest BCUT2D eigenvalue weighted by Crippen LogP contribution is -2.31. The van der Waals surface area contributed by atoms with Gasteiger partial charge in [0.15, 0.2) is 0 Å². The van der Waals surface area contributed by atoms with E-state index in [0.29, 0.717) is 22.6 Å². The zero-order valence-corrected chi connectivity index (χ0v) is 18.1. The molecule has 1 aliphatic heterocycles. The topological polar surface area (TPSA) is 113 Å². The third kappa shape index (κ3) is 4.44. The number of ether oxygens (including phenoxy) is 2. The summed E-state index contributed by atoms with van der Waals surface area (Å²) in [4.78, 5) is 38.2. The first-order valence-electron chi connectivity index (χ1n) is 10.1. The Balaban J connectivity index is 2.17. The van der Waals surface area contributed by atoms with Crippen LogP contribution in [-0.2, 0) is 14.4 Å².